The third-order valence-electron chi connectivity index (χ3n) is 4.94. The number of nitrogens with zero attached hydrogens (tertiary/aromatic N) is 2. The lowest BCUT2D eigenvalue weighted by molar-refractivity contribution is -0.128. The summed E-state index contributed by atoms with van der Waals surface area (Å²) < 4.78 is 6.06. The van der Waals surface area contributed by atoms with Crippen LogP contribution < -0.4 is 10.6 Å². The van der Waals surface area contributed by atoms with Crippen LogP contribution in [0.5, 0.6) is 0 Å². The highest BCUT2D eigenvalue weighted by atomic mass is 127. The SMILES string of the molecule is CCNC(=NCC(C)(C)C(=O)NC)N1CCOC(c2ccc(C)cc2C)C1.I. The van der Waals surface area contributed by atoms with Crippen molar-refractivity contribution in [2.45, 2.75) is 40.7 Å². The van der Waals surface area contributed by atoms with Crippen LogP contribution >= 0.6 is 24.0 Å². The fourth-order valence-corrected chi connectivity index (χ4v) is 3.33. The van der Waals surface area contributed by atoms with Gasteiger partial charge in [0.15, 0.2) is 5.96 Å². The van der Waals surface area contributed by atoms with E-state index in [0.717, 1.165) is 25.6 Å². The molecule has 28 heavy (non-hydrogen) atoms. The summed E-state index contributed by atoms with van der Waals surface area (Å²) in [6.45, 7) is 13.5. The molecule has 1 amide bonds. The summed E-state index contributed by atoms with van der Waals surface area (Å²) in [5.74, 6) is 0.838. The molecule has 2 rings (SSSR count). The molecule has 1 fully saturated rings. The van der Waals surface area contributed by atoms with Crippen LogP contribution in [0.3, 0.4) is 0 Å². The van der Waals surface area contributed by atoms with Crippen molar-refractivity contribution in [1.82, 2.24) is 15.5 Å². The summed E-state index contributed by atoms with van der Waals surface area (Å²) in [5.41, 5.74) is 3.20. The van der Waals surface area contributed by atoms with E-state index < -0.39 is 5.41 Å². The van der Waals surface area contributed by atoms with Crippen LogP contribution in [0.25, 0.3) is 0 Å². The highest BCUT2D eigenvalue weighted by Crippen LogP contribution is 2.26. The standard InChI is InChI=1S/C21H34N4O2.HI/c1-7-23-20(24-14-21(4,5)19(26)22-6)25-10-11-27-18(13-25)17-9-8-15(2)12-16(17)3;/h8-9,12,18H,7,10-11,13-14H2,1-6H3,(H,22,26)(H,23,24);1H. The lowest BCUT2D eigenvalue weighted by Crippen LogP contribution is -2.49. The molecular formula is C21H35IN4O2. The Bertz CT molecular complexity index is 691. The number of benzene rings is 1. The van der Waals surface area contributed by atoms with Gasteiger partial charge in [0.1, 0.15) is 6.10 Å². The summed E-state index contributed by atoms with van der Waals surface area (Å²) in [6.07, 6.45) is 0.0233. The van der Waals surface area contributed by atoms with Gasteiger partial charge in [0.25, 0.3) is 0 Å². The van der Waals surface area contributed by atoms with Crippen molar-refractivity contribution in [2.24, 2.45) is 10.4 Å². The molecule has 0 aromatic heterocycles. The van der Waals surface area contributed by atoms with Gasteiger partial charge in [-0.1, -0.05) is 23.8 Å². The van der Waals surface area contributed by atoms with Crippen LogP contribution in [0.4, 0.5) is 0 Å². The number of amides is 1. The second kappa shape index (κ2) is 11.0. The molecule has 2 N–H and O–H groups in total. The minimum Gasteiger partial charge on any atom is -0.370 e. The Balaban J connectivity index is 0.00000392. The van der Waals surface area contributed by atoms with Crippen molar-refractivity contribution in [3.05, 3.63) is 34.9 Å². The van der Waals surface area contributed by atoms with Gasteiger partial charge >= 0.3 is 0 Å². The van der Waals surface area contributed by atoms with E-state index >= 15 is 0 Å². The third-order valence-corrected chi connectivity index (χ3v) is 4.94. The molecule has 1 unspecified atom stereocenters. The number of carbonyl (C=O) groups is 1. The first-order valence-electron chi connectivity index (χ1n) is 9.72. The smallest absolute Gasteiger partial charge is 0.227 e. The van der Waals surface area contributed by atoms with E-state index in [1.54, 1.807) is 7.05 Å². The van der Waals surface area contributed by atoms with Gasteiger partial charge in [0, 0.05) is 20.1 Å². The van der Waals surface area contributed by atoms with Gasteiger partial charge in [-0.25, -0.2) is 0 Å². The number of hydrogen-bond donors (Lipinski definition) is 2. The molecule has 0 aliphatic carbocycles. The van der Waals surface area contributed by atoms with Crippen LogP contribution in [0.1, 0.15) is 43.6 Å². The van der Waals surface area contributed by atoms with Gasteiger partial charge in [0.05, 0.1) is 25.1 Å². The minimum absolute atomic E-state index is 0. The average Bonchev–Trinajstić information content (AvgIpc) is 2.64. The number of ether oxygens (including phenoxy) is 1. The van der Waals surface area contributed by atoms with Crippen molar-refractivity contribution in [3.63, 3.8) is 0 Å². The quantitative estimate of drug-likeness (QED) is 0.369. The van der Waals surface area contributed by atoms with E-state index in [-0.39, 0.29) is 36.0 Å². The van der Waals surface area contributed by atoms with Gasteiger partial charge in [-0.3, -0.25) is 9.79 Å². The number of aryl methyl sites for hydroxylation is 2. The highest BCUT2D eigenvalue weighted by Gasteiger charge is 2.28. The number of rotatable bonds is 5. The first kappa shape index (κ1) is 24.7. The predicted molar refractivity (Wildman–Crippen MR) is 125 cm³/mol. The zero-order valence-corrected chi connectivity index (χ0v) is 20.3. The van der Waals surface area contributed by atoms with E-state index in [0.29, 0.717) is 13.2 Å². The first-order valence-corrected chi connectivity index (χ1v) is 9.72. The van der Waals surface area contributed by atoms with Gasteiger partial charge in [-0.2, -0.15) is 0 Å². The lowest BCUT2D eigenvalue weighted by atomic mass is 9.93. The third kappa shape index (κ3) is 6.34. The summed E-state index contributed by atoms with van der Waals surface area (Å²) in [6, 6.07) is 6.50. The molecule has 0 radical (unpaired) electrons. The van der Waals surface area contributed by atoms with Crippen LogP contribution in [-0.4, -0.2) is 56.6 Å². The van der Waals surface area contributed by atoms with E-state index in [2.05, 4.69) is 54.5 Å². The maximum atomic E-state index is 12.0. The van der Waals surface area contributed by atoms with Gasteiger partial charge in [-0.15, -0.1) is 24.0 Å². The summed E-state index contributed by atoms with van der Waals surface area (Å²) in [5, 5.41) is 6.08. The van der Waals surface area contributed by atoms with Crippen molar-refractivity contribution in [3.8, 4) is 0 Å². The number of aliphatic imine (C=N–C) groups is 1. The molecule has 1 aliphatic rings. The van der Waals surface area contributed by atoms with Crippen LogP contribution in [-0.2, 0) is 9.53 Å². The average molecular weight is 502 g/mol. The number of halogens is 1. The van der Waals surface area contributed by atoms with Gasteiger partial charge in [-0.05, 0) is 45.7 Å². The van der Waals surface area contributed by atoms with Crippen LogP contribution in [0.2, 0.25) is 0 Å². The molecule has 0 saturated carbocycles. The molecule has 6 nitrogen and oxygen atoms in total. The zero-order chi connectivity index (χ0) is 20.0. The molecule has 1 aromatic rings. The summed E-state index contributed by atoms with van der Waals surface area (Å²) >= 11 is 0. The Labute approximate surface area is 186 Å². The largest absolute Gasteiger partial charge is 0.370 e. The highest BCUT2D eigenvalue weighted by molar-refractivity contribution is 14.0. The molecule has 7 heteroatoms. The van der Waals surface area contributed by atoms with Crippen molar-refractivity contribution < 1.29 is 9.53 Å². The Morgan fingerprint density at radius 3 is 2.68 bits per heavy atom. The van der Waals surface area contributed by atoms with Gasteiger partial charge in [0.2, 0.25) is 5.91 Å². The molecule has 0 spiro atoms. The molecule has 1 atom stereocenters. The number of nitrogens with one attached hydrogen (secondary N) is 2. The maximum absolute atomic E-state index is 12.0. The fourth-order valence-electron chi connectivity index (χ4n) is 3.33. The molecule has 1 aliphatic heterocycles. The molecule has 1 heterocycles. The normalized spacial score (nSPS) is 17.7. The molecule has 0 bridgehead atoms. The lowest BCUT2D eigenvalue weighted by Gasteiger charge is -2.36. The monoisotopic (exact) mass is 502 g/mol. The maximum Gasteiger partial charge on any atom is 0.227 e. The second-order valence-corrected chi connectivity index (χ2v) is 7.80. The van der Waals surface area contributed by atoms with E-state index in [1.807, 2.05) is 13.8 Å². The predicted octanol–water partition coefficient (Wildman–Crippen LogP) is 3.03. The fraction of sp³-hybridized carbons (Fsp3) is 0.619. The molecule has 1 aromatic carbocycles. The number of guanidine groups is 1. The second-order valence-electron chi connectivity index (χ2n) is 7.80. The number of morpholine rings is 1. The van der Waals surface area contributed by atoms with Crippen molar-refractivity contribution in [1.29, 1.82) is 0 Å². The van der Waals surface area contributed by atoms with E-state index in [1.165, 1.54) is 16.7 Å². The molecular weight excluding hydrogens is 467 g/mol. The van der Waals surface area contributed by atoms with Crippen molar-refractivity contribution >= 4 is 35.8 Å². The Morgan fingerprint density at radius 1 is 1.36 bits per heavy atom. The van der Waals surface area contributed by atoms with Crippen LogP contribution in [0.15, 0.2) is 23.2 Å². The zero-order valence-electron chi connectivity index (χ0n) is 18.0. The summed E-state index contributed by atoms with van der Waals surface area (Å²) in [4.78, 5) is 19.0. The number of carbonyl (C=O) groups excluding carboxylic acids is 1. The van der Waals surface area contributed by atoms with Crippen LogP contribution in [0, 0.1) is 19.3 Å². The summed E-state index contributed by atoms with van der Waals surface area (Å²) in [7, 11) is 1.66. The number of hydrogen-bond acceptors (Lipinski definition) is 3. The first-order chi connectivity index (χ1) is 12.8. The van der Waals surface area contributed by atoms with Crippen molar-refractivity contribution in [2.75, 3.05) is 39.8 Å². The molecule has 1 saturated heterocycles. The van der Waals surface area contributed by atoms with Gasteiger partial charge < -0.3 is 20.3 Å². The Morgan fingerprint density at radius 2 is 2.07 bits per heavy atom. The minimum atomic E-state index is -0.547. The molecule has 158 valence electrons. The Kier molecular flexibility index (Phi) is 9.69. The van der Waals surface area contributed by atoms with E-state index in [9.17, 15) is 4.79 Å². The van der Waals surface area contributed by atoms with E-state index in [4.69, 9.17) is 9.73 Å². The topological polar surface area (TPSA) is 66.0 Å². The Hall–Kier alpha value is -1.35.